The fourth-order valence-electron chi connectivity index (χ4n) is 2.91. The van der Waals surface area contributed by atoms with Gasteiger partial charge in [0, 0.05) is 28.4 Å². The zero-order valence-corrected chi connectivity index (χ0v) is 17.0. The van der Waals surface area contributed by atoms with Gasteiger partial charge < -0.3 is 20.3 Å². The summed E-state index contributed by atoms with van der Waals surface area (Å²) in [4.78, 5) is 26.2. The molecule has 0 saturated carbocycles. The number of amides is 3. The van der Waals surface area contributed by atoms with E-state index in [0.717, 1.165) is 22.1 Å². The number of rotatable bonds is 5. The number of carbonyl (C=O) groups excluding carboxylic acids is 2. The number of hydrogen-bond donors (Lipinski definition) is 2. The highest BCUT2D eigenvalue weighted by molar-refractivity contribution is 14.1. The van der Waals surface area contributed by atoms with Crippen LogP contribution in [0.4, 0.5) is 10.5 Å². The van der Waals surface area contributed by atoms with Gasteiger partial charge in [-0.2, -0.15) is 0 Å². The quantitative estimate of drug-likeness (QED) is 0.646. The van der Waals surface area contributed by atoms with E-state index in [1.807, 2.05) is 54.6 Å². The Morgan fingerprint density at radius 3 is 2.37 bits per heavy atom. The zero-order chi connectivity index (χ0) is 19.1. The third-order valence-electron chi connectivity index (χ3n) is 4.39. The summed E-state index contributed by atoms with van der Waals surface area (Å²) < 4.78 is 6.68. The molecule has 3 rings (SSSR count). The Morgan fingerprint density at radius 1 is 1.04 bits per heavy atom. The van der Waals surface area contributed by atoms with Gasteiger partial charge in [0.1, 0.15) is 5.75 Å². The molecule has 0 radical (unpaired) electrons. The van der Waals surface area contributed by atoms with E-state index in [4.69, 9.17) is 4.74 Å². The van der Waals surface area contributed by atoms with E-state index in [0.29, 0.717) is 18.8 Å². The maximum Gasteiger partial charge on any atom is 0.319 e. The van der Waals surface area contributed by atoms with Crippen molar-refractivity contribution in [2.45, 2.75) is 18.9 Å². The molecule has 1 aliphatic heterocycles. The molecule has 2 aromatic rings. The molecule has 1 heterocycles. The Bertz CT molecular complexity index is 760. The van der Waals surface area contributed by atoms with Crippen LogP contribution in [0.3, 0.4) is 0 Å². The van der Waals surface area contributed by atoms with Crippen LogP contribution in [0, 0.1) is 3.57 Å². The summed E-state index contributed by atoms with van der Waals surface area (Å²) >= 11 is 2.22. The van der Waals surface area contributed by atoms with Crippen molar-refractivity contribution in [3.63, 3.8) is 0 Å². The van der Waals surface area contributed by atoms with Crippen molar-refractivity contribution >= 4 is 40.2 Å². The van der Waals surface area contributed by atoms with Crippen molar-refractivity contribution in [2.24, 2.45) is 0 Å². The van der Waals surface area contributed by atoms with Crippen molar-refractivity contribution in [1.82, 2.24) is 10.2 Å². The van der Waals surface area contributed by atoms with E-state index >= 15 is 0 Å². The highest BCUT2D eigenvalue weighted by atomic mass is 127. The number of likely N-dealkylation sites (tertiary alicyclic amines) is 1. The molecule has 2 aromatic carbocycles. The summed E-state index contributed by atoms with van der Waals surface area (Å²) in [6, 6.07) is 16.8. The molecule has 6 nitrogen and oxygen atoms in total. The SMILES string of the molecule is O=C(Nc1ccccc1)NC1CCN(C(=O)COc2ccc(I)cc2)CC1. The Morgan fingerprint density at radius 2 is 1.70 bits per heavy atom. The number of piperidine rings is 1. The summed E-state index contributed by atoms with van der Waals surface area (Å²) in [7, 11) is 0. The van der Waals surface area contributed by atoms with Crippen LogP contribution >= 0.6 is 22.6 Å². The molecule has 0 aromatic heterocycles. The summed E-state index contributed by atoms with van der Waals surface area (Å²) in [5.41, 5.74) is 0.760. The van der Waals surface area contributed by atoms with Crippen molar-refractivity contribution < 1.29 is 14.3 Å². The highest BCUT2D eigenvalue weighted by Crippen LogP contribution is 2.15. The lowest BCUT2D eigenvalue weighted by Gasteiger charge is -2.32. The molecule has 0 aliphatic carbocycles. The molecule has 3 amide bonds. The normalized spacial score (nSPS) is 14.5. The van der Waals surface area contributed by atoms with Crippen LogP contribution in [-0.4, -0.2) is 42.6 Å². The summed E-state index contributed by atoms with van der Waals surface area (Å²) in [6.45, 7) is 1.27. The minimum absolute atomic E-state index is 0.0271. The molecule has 0 atom stereocenters. The number of anilines is 1. The van der Waals surface area contributed by atoms with Crippen LogP contribution < -0.4 is 15.4 Å². The lowest BCUT2D eigenvalue weighted by molar-refractivity contribution is -0.134. The maximum atomic E-state index is 12.3. The first-order valence-electron chi connectivity index (χ1n) is 8.89. The van der Waals surface area contributed by atoms with Crippen LogP contribution in [-0.2, 0) is 4.79 Å². The van der Waals surface area contributed by atoms with Crippen molar-refractivity contribution in [1.29, 1.82) is 0 Å². The minimum atomic E-state index is -0.215. The van der Waals surface area contributed by atoms with Crippen molar-refractivity contribution in [2.75, 3.05) is 25.0 Å². The topological polar surface area (TPSA) is 70.7 Å². The van der Waals surface area contributed by atoms with Crippen LogP contribution in [0.15, 0.2) is 54.6 Å². The van der Waals surface area contributed by atoms with Gasteiger partial charge in [0.15, 0.2) is 6.61 Å². The first-order chi connectivity index (χ1) is 13.1. The van der Waals surface area contributed by atoms with Crippen molar-refractivity contribution in [3.8, 4) is 5.75 Å². The molecule has 142 valence electrons. The zero-order valence-electron chi connectivity index (χ0n) is 14.9. The number of halogens is 1. The molecule has 7 heteroatoms. The third-order valence-corrected chi connectivity index (χ3v) is 5.11. The maximum absolute atomic E-state index is 12.3. The molecule has 27 heavy (non-hydrogen) atoms. The number of para-hydroxylation sites is 1. The van der Waals surface area contributed by atoms with Crippen LogP contribution in [0.1, 0.15) is 12.8 Å². The number of hydrogen-bond acceptors (Lipinski definition) is 3. The van der Waals surface area contributed by atoms with Crippen LogP contribution in [0.2, 0.25) is 0 Å². The van der Waals surface area contributed by atoms with Gasteiger partial charge in [-0.15, -0.1) is 0 Å². The Hall–Kier alpha value is -2.29. The molecule has 0 bridgehead atoms. The lowest BCUT2D eigenvalue weighted by atomic mass is 10.1. The molecule has 0 unspecified atom stereocenters. The van der Waals surface area contributed by atoms with Gasteiger partial charge in [-0.3, -0.25) is 4.79 Å². The number of carbonyl (C=O) groups is 2. The van der Waals surface area contributed by atoms with E-state index in [1.165, 1.54) is 0 Å². The van der Waals surface area contributed by atoms with E-state index in [1.54, 1.807) is 4.90 Å². The van der Waals surface area contributed by atoms with Gasteiger partial charge in [-0.05, 0) is 71.8 Å². The van der Waals surface area contributed by atoms with Gasteiger partial charge in [0.05, 0.1) is 0 Å². The number of nitrogens with one attached hydrogen (secondary N) is 2. The van der Waals surface area contributed by atoms with Crippen LogP contribution in [0.25, 0.3) is 0 Å². The standard InChI is InChI=1S/C20H22IN3O3/c21-15-6-8-18(9-7-15)27-14-19(25)24-12-10-17(11-13-24)23-20(26)22-16-4-2-1-3-5-16/h1-9,17H,10-14H2,(H2,22,23,26). The average molecular weight is 479 g/mol. The minimum Gasteiger partial charge on any atom is -0.484 e. The number of ether oxygens (including phenoxy) is 1. The monoisotopic (exact) mass is 479 g/mol. The Labute approximate surface area is 172 Å². The van der Waals surface area contributed by atoms with Gasteiger partial charge in [0.25, 0.3) is 5.91 Å². The smallest absolute Gasteiger partial charge is 0.319 e. The van der Waals surface area contributed by atoms with Gasteiger partial charge in [-0.1, -0.05) is 18.2 Å². The molecule has 2 N–H and O–H groups in total. The second kappa shape index (κ2) is 9.59. The molecule has 0 spiro atoms. The van der Waals surface area contributed by atoms with Gasteiger partial charge in [0.2, 0.25) is 0 Å². The number of nitrogens with zero attached hydrogens (tertiary/aromatic N) is 1. The van der Waals surface area contributed by atoms with E-state index in [2.05, 4.69) is 33.2 Å². The van der Waals surface area contributed by atoms with Gasteiger partial charge >= 0.3 is 6.03 Å². The fourth-order valence-corrected chi connectivity index (χ4v) is 3.27. The molecule has 1 saturated heterocycles. The lowest BCUT2D eigenvalue weighted by Crippen LogP contribution is -2.48. The average Bonchev–Trinajstić information content (AvgIpc) is 2.68. The predicted molar refractivity (Wildman–Crippen MR) is 113 cm³/mol. The highest BCUT2D eigenvalue weighted by Gasteiger charge is 2.24. The van der Waals surface area contributed by atoms with E-state index < -0.39 is 0 Å². The Balaban J connectivity index is 1.38. The first-order valence-corrected chi connectivity index (χ1v) is 9.97. The first kappa shape index (κ1) is 19.5. The van der Waals surface area contributed by atoms with Gasteiger partial charge in [-0.25, -0.2) is 4.79 Å². The molecule has 1 fully saturated rings. The number of benzene rings is 2. The summed E-state index contributed by atoms with van der Waals surface area (Å²) in [5.74, 6) is 0.665. The molecular formula is C20H22IN3O3. The Kier molecular flexibility index (Phi) is 6.92. The second-order valence-corrected chi connectivity index (χ2v) is 7.61. The molecular weight excluding hydrogens is 457 g/mol. The number of urea groups is 1. The summed E-state index contributed by atoms with van der Waals surface area (Å²) in [5, 5.41) is 5.78. The van der Waals surface area contributed by atoms with Crippen LogP contribution in [0.5, 0.6) is 5.75 Å². The van der Waals surface area contributed by atoms with Crippen molar-refractivity contribution in [3.05, 3.63) is 58.2 Å². The largest absolute Gasteiger partial charge is 0.484 e. The van der Waals surface area contributed by atoms with E-state index in [-0.39, 0.29) is 24.6 Å². The molecule has 1 aliphatic rings. The fraction of sp³-hybridized carbons (Fsp3) is 0.300. The predicted octanol–water partition coefficient (Wildman–Crippen LogP) is 3.48. The summed E-state index contributed by atoms with van der Waals surface area (Å²) in [6.07, 6.45) is 1.47. The third kappa shape index (κ3) is 6.13. The van der Waals surface area contributed by atoms with E-state index in [9.17, 15) is 9.59 Å². The second-order valence-electron chi connectivity index (χ2n) is 6.36.